The van der Waals surface area contributed by atoms with Crippen molar-refractivity contribution in [2.45, 2.75) is 81.1 Å². The van der Waals surface area contributed by atoms with Gasteiger partial charge in [-0.2, -0.15) is 5.26 Å². The third kappa shape index (κ3) is 12.5. The fourth-order valence-corrected chi connectivity index (χ4v) is 29.0. The van der Waals surface area contributed by atoms with Crippen molar-refractivity contribution in [1.29, 1.82) is 5.26 Å². The highest BCUT2D eigenvalue weighted by atomic mass is 28.3. The summed E-state index contributed by atoms with van der Waals surface area (Å²) >= 11 is 0. The van der Waals surface area contributed by atoms with Crippen LogP contribution in [-0.4, -0.2) is 16.1 Å². The van der Waals surface area contributed by atoms with E-state index < -0.39 is 16.1 Å². The van der Waals surface area contributed by atoms with Crippen LogP contribution in [0.15, 0.2) is 361 Å². The van der Waals surface area contributed by atoms with Crippen molar-refractivity contribution in [3.8, 4) is 28.3 Å². The van der Waals surface area contributed by atoms with Crippen LogP contribution in [0.25, 0.3) is 103 Å². The quantitative estimate of drug-likeness (QED) is 0.0371. The number of hydrogen-bond donors (Lipinski definition) is 0. The van der Waals surface area contributed by atoms with E-state index in [9.17, 15) is 11.8 Å². The summed E-state index contributed by atoms with van der Waals surface area (Å²) in [6, 6.07) is 133. The minimum atomic E-state index is -3.01. The van der Waals surface area contributed by atoms with Gasteiger partial charge in [-0.05, 0) is 210 Å². The van der Waals surface area contributed by atoms with Gasteiger partial charge in [0.25, 0.3) is 0 Å². The molecular weight excluding hydrogens is 1510 g/mol. The van der Waals surface area contributed by atoms with Gasteiger partial charge in [0.15, 0.2) is 27.3 Å². The maximum atomic E-state index is 12.2. The van der Waals surface area contributed by atoms with Gasteiger partial charge >= 0.3 is 0 Å². The number of fused-ring (bicyclic) bond motifs is 6. The first-order valence-corrected chi connectivity index (χ1v) is 46.4. The van der Waals surface area contributed by atoms with Crippen LogP contribution in [0.2, 0.25) is 0 Å². The Balaban J connectivity index is 0.806. The molecule has 2 aromatic heterocycles. The topological polar surface area (TPSA) is 60.9 Å². The van der Waals surface area contributed by atoms with Crippen LogP contribution < -0.4 is 51.3 Å². The largest absolute Gasteiger partial charge is 0.454 e. The third-order valence-corrected chi connectivity index (χ3v) is 35.3. The van der Waals surface area contributed by atoms with Crippen LogP contribution in [0.5, 0.6) is 0 Å². The van der Waals surface area contributed by atoms with Gasteiger partial charge in [0, 0.05) is 32.3 Å². The molecule has 0 amide bonds. The average Bonchev–Trinajstić information content (AvgIpc) is 1.08. The fourth-order valence-electron chi connectivity index (χ4n) is 19.6. The van der Waals surface area contributed by atoms with Gasteiger partial charge < -0.3 is 18.6 Å². The van der Waals surface area contributed by atoms with Gasteiger partial charge in [0.2, 0.25) is 5.69 Å². The van der Waals surface area contributed by atoms with Gasteiger partial charge in [-0.3, -0.25) is 0 Å². The SMILES string of the molecule is [C-]#[N+]c1cc(-c2cccc([Si](c3ccc(C)cc3)(c3ccc(C)cc3)c3ccc(C)cc3)c2)ccc1N(c1cc(C(C)C)c2ccc3c(N(c4ccc(-c5cccc([Si](c6ccc(C)cc6)(c6ccc(C)cc6)c6ccc(C)cc6)c5)cc4C#N)c4cccc5c4oc4ccccc45)cc(C(C)C)c4ccc1c2c43)c1cccc2c1oc1ccccc12. The van der Waals surface area contributed by atoms with Crippen molar-refractivity contribution in [1.82, 2.24) is 0 Å². The normalized spacial score (nSPS) is 12.0. The first-order chi connectivity index (χ1) is 59.5. The van der Waals surface area contributed by atoms with E-state index in [0.717, 1.165) is 132 Å². The predicted molar refractivity (Wildman–Crippen MR) is 520 cm³/mol. The molecule has 0 saturated carbocycles. The van der Waals surface area contributed by atoms with Crippen molar-refractivity contribution in [2.75, 3.05) is 9.80 Å². The Hall–Kier alpha value is -14.4. The van der Waals surface area contributed by atoms with Gasteiger partial charge in [0.1, 0.15) is 17.2 Å². The first-order valence-electron chi connectivity index (χ1n) is 42.4. The van der Waals surface area contributed by atoms with E-state index in [2.05, 4.69) is 418 Å². The minimum Gasteiger partial charge on any atom is -0.454 e. The molecular formula is C114H90N4O2Si2. The van der Waals surface area contributed by atoms with E-state index in [-0.39, 0.29) is 11.8 Å². The zero-order chi connectivity index (χ0) is 83.4. The molecule has 20 rings (SSSR count). The zero-order valence-electron chi connectivity index (χ0n) is 70.2. The lowest BCUT2D eigenvalue weighted by molar-refractivity contribution is 0.668. The molecule has 8 heteroatoms. The Morgan fingerprint density at radius 3 is 0.984 bits per heavy atom. The molecule has 0 aliphatic rings. The van der Waals surface area contributed by atoms with Crippen LogP contribution in [0.3, 0.4) is 0 Å². The number of benzene rings is 18. The summed E-state index contributed by atoms with van der Waals surface area (Å²) in [7, 11) is -6.02. The molecule has 0 bridgehead atoms. The first kappa shape index (κ1) is 76.3. The van der Waals surface area contributed by atoms with Crippen molar-refractivity contribution in [3.05, 3.63) is 413 Å². The summed E-state index contributed by atoms with van der Waals surface area (Å²) in [6.07, 6.45) is 0. The molecule has 0 atom stereocenters. The Morgan fingerprint density at radius 2 is 0.615 bits per heavy atom. The minimum absolute atomic E-state index is 0.0425. The molecule has 0 fully saturated rings. The highest BCUT2D eigenvalue weighted by Crippen LogP contribution is 2.55. The Bertz CT molecular complexity index is 6920. The lowest BCUT2D eigenvalue weighted by Crippen LogP contribution is -2.74. The van der Waals surface area contributed by atoms with E-state index in [1.807, 2.05) is 24.3 Å². The summed E-state index contributed by atoms with van der Waals surface area (Å²) in [5.74, 6) is 0.0867. The van der Waals surface area contributed by atoms with Crippen LogP contribution in [0.4, 0.5) is 39.8 Å². The summed E-state index contributed by atoms with van der Waals surface area (Å²) in [5.41, 5.74) is 22.4. The molecule has 6 nitrogen and oxygen atoms in total. The van der Waals surface area contributed by atoms with Gasteiger partial charge in [0.05, 0.1) is 46.3 Å². The maximum Gasteiger partial charge on any atom is 0.211 e. The van der Waals surface area contributed by atoms with E-state index >= 15 is 0 Å². The fraction of sp³-hybridized carbons (Fsp3) is 0.105. The standard InChI is InChI=1S/C114H90N4O2Si2/c1-71(2)100-68-107(117(105-28-18-26-96-92-24-12-14-30-109(92)119-113(96)105)103-62-44-81(64-83(103)70-115)79-20-16-22-90(65-79)121(84-46-32-73(5)33-47-84,85-48-34-74(6)35-49-85)86-50-36-75(7)37-51-86)98-60-58-95-101(72(3)4)69-108(99-61-59-94(100)111(98)112(95)99)118(106-29-19-27-97-93-25-13-15-31-110(93)120-114(97)106)104-63-45-82(67-102(104)116-11)80-21-17-23-91(66-80)122(87-52-38-76(8)39-53-87,88-54-40-77(9)41-55-88)89-56-42-78(10)43-57-89/h12-69,71-72H,1-10H3. The highest BCUT2D eigenvalue weighted by molar-refractivity contribution is 7.20. The van der Waals surface area contributed by atoms with Crippen molar-refractivity contribution in [3.63, 3.8) is 0 Å². The van der Waals surface area contributed by atoms with E-state index in [4.69, 9.17) is 8.83 Å². The second-order valence-electron chi connectivity index (χ2n) is 34.0. The molecule has 0 radical (unpaired) electrons. The summed E-state index contributed by atoms with van der Waals surface area (Å²) < 4.78 is 14.3. The molecule has 0 unspecified atom stereocenters. The second-order valence-corrected chi connectivity index (χ2v) is 41.7. The van der Waals surface area contributed by atoms with Crippen molar-refractivity contribution < 1.29 is 8.83 Å². The van der Waals surface area contributed by atoms with Gasteiger partial charge in [-0.15, -0.1) is 0 Å². The Labute approximate surface area is 715 Å². The van der Waals surface area contributed by atoms with Crippen molar-refractivity contribution >= 4 is 174 Å². The number of rotatable bonds is 18. The van der Waals surface area contributed by atoms with E-state index in [1.165, 1.54) is 74.9 Å². The molecule has 0 spiro atoms. The zero-order valence-corrected chi connectivity index (χ0v) is 72.2. The smallest absolute Gasteiger partial charge is 0.211 e. The molecule has 20 aromatic rings. The van der Waals surface area contributed by atoms with Crippen LogP contribution in [-0.2, 0) is 0 Å². The number of furan rings is 2. The highest BCUT2D eigenvalue weighted by Gasteiger charge is 2.44. The van der Waals surface area contributed by atoms with Crippen molar-refractivity contribution in [2.24, 2.45) is 0 Å². The molecule has 2 heterocycles. The third-order valence-electron chi connectivity index (χ3n) is 25.8. The number of aryl methyl sites for hydroxylation is 6. The predicted octanol–water partition coefficient (Wildman–Crippen LogP) is 25.9. The van der Waals surface area contributed by atoms with Gasteiger partial charge in [-0.25, -0.2) is 4.85 Å². The van der Waals surface area contributed by atoms with Crippen LogP contribution >= 0.6 is 0 Å². The molecule has 0 aliphatic heterocycles. The number of nitriles is 1. The molecule has 122 heavy (non-hydrogen) atoms. The molecule has 0 N–H and O–H groups in total. The Morgan fingerprint density at radius 1 is 0.287 bits per heavy atom. The molecule has 0 saturated heterocycles. The number of para-hydroxylation sites is 4. The summed E-state index contributed by atoms with van der Waals surface area (Å²) in [6.45, 7) is 31.7. The summed E-state index contributed by atoms with van der Waals surface area (Å²) in [5, 5.41) is 32.9. The van der Waals surface area contributed by atoms with E-state index in [1.54, 1.807) is 0 Å². The Kier molecular flexibility index (Phi) is 19.0. The number of nitrogens with zero attached hydrogens (tertiary/aromatic N) is 4. The van der Waals surface area contributed by atoms with Gasteiger partial charge in [-0.1, -0.05) is 352 Å². The molecule has 0 aliphatic carbocycles. The number of hydrogen-bond acceptors (Lipinski definition) is 5. The maximum absolute atomic E-state index is 12.2. The lowest BCUT2D eigenvalue weighted by atomic mass is 9.84. The lowest BCUT2D eigenvalue weighted by Gasteiger charge is -2.35. The second kappa shape index (κ2) is 30.5. The van der Waals surface area contributed by atoms with Crippen LogP contribution in [0.1, 0.15) is 89.6 Å². The van der Waals surface area contributed by atoms with Crippen LogP contribution in [0, 0.1) is 59.4 Å². The average molecular weight is 1600 g/mol. The number of anilines is 6. The summed E-state index contributed by atoms with van der Waals surface area (Å²) in [4.78, 5) is 9.25. The molecule has 18 aromatic carbocycles. The monoisotopic (exact) mass is 1600 g/mol. The molecule has 586 valence electrons. The van der Waals surface area contributed by atoms with E-state index in [0.29, 0.717) is 22.5 Å².